The fourth-order valence-corrected chi connectivity index (χ4v) is 5.32. The lowest BCUT2D eigenvalue weighted by Gasteiger charge is -2.29. The Hall–Kier alpha value is -2.29. The van der Waals surface area contributed by atoms with E-state index in [4.69, 9.17) is 4.98 Å². The maximum Gasteiger partial charge on any atom is 0.268 e. The number of aromatic nitrogens is 1. The topological polar surface area (TPSA) is 74.3 Å². The molecule has 3 aromatic heterocycles. The van der Waals surface area contributed by atoms with E-state index in [0.29, 0.717) is 4.88 Å². The molecule has 5 rings (SSSR count). The minimum atomic E-state index is -0.315. The van der Waals surface area contributed by atoms with E-state index in [-0.39, 0.29) is 18.2 Å². The van der Waals surface area contributed by atoms with Crippen molar-refractivity contribution in [2.24, 2.45) is 0 Å². The van der Waals surface area contributed by atoms with Gasteiger partial charge >= 0.3 is 0 Å². The minimum absolute atomic E-state index is 0.221. The van der Waals surface area contributed by atoms with E-state index < -0.39 is 0 Å². The van der Waals surface area contributed by atoms with Crippen LogP contribution in [-0.4, -0.2) is 35.4 Å². The average Bonchev–Trinajstić information content (AvgIpc) is 3.21. The van der Waals surface area contributed by atoms with Crippen molar-refractivity contribution in [3.05, 3.63) is 33.5 Å². The molecule has 0 saturated heterocycles. The number of carbonyl (C=O) groups excluding carboxylic acids is 2. The van der Waals surface area contributed by atoms with Crippen LogP contribution in [0.2, 0.25) is 0 Å². The number of imide groups is 1. The Labute approximate surface area is 151 Å². The molecule has 2 aliphatic heterocycles. The van der Waals surface area contributed by atoms with Gasteiger partial charge in [0, 0.05) is 24.5 Å². The summed E-state index contributed by atoms with van der Waals surface area (Å²) in [4.78, 5) is 31.5. The van der Waals surface area contributed by atoms with Gasteiger partial charge in [-0.05, 0) is 23.4 Å². The fraction of sp³-hybridized carbons (Fsp3) is 0.235. The largest absolute Gasteiger partial charge is 0.318 e. The molecule has 0 spiro atoms. The number of thiophene rings is 2. The van der Waals surface area contributed by atoms with Gasteiger partial charge in [0.25, 0.3) is 5.91 Å². The first-order chi connectivity index (χ1) is 12.1. The smallest absolute Gasteiger partial charge is 0.268 e. The molecule has 0 atom stereocenters. The second kappa shape index (κ2) is 5.35. The number of amides is 2. The number of hydrogen-bond acceptors (Lipinski definition) is 7. The molecule has 3 aromatic rings. The molecular weight excluding hydrogens is 356 g/mol. The van der Waals surface area contributed by atoms with Crippen LogP contribution in [0.3, 0.4) is 0 Å². The van der Waals surface area contributed by atoms with Crippen molar-refractivity contribution in [1.29, 1.82) is 0 Å². The molecule has 126 valence electrons. The van der Waals surface area contributed by atoms with Gasteiger partial charge in [0.05, 0.1) is 27.6 Å². The molecule has 8 heteroatoms. The summed E-state index contributed by atoms with van der Waals surface area (Å²) in [6, 6.07) is 4.09. The Bertz CT molecular complexity index is 1040. The number of carbonyl (C=O) groups is 2. The summed E-state index contributed by atoms with van der Waals surface area (Å²) >= 11 is 3.03. The lowest BCUT2D eigenvalue weighted by Crippen LogP contribution is -2.36. The molecule has 6 nitrogen and oxygen atoms in total. The maximum atomic E-state index is 12.2. The molecule has 0 aliphatic carbocycles. The zero-order valence-electron chi connectivity index (χ0n) is 13.4. The SMILES string of the molecule is CN1CCc2c(-c3cccs3)nc3sc4c(c3c2N1)CC(=O)NC4=O. The van der Waals surface area contributed by atoms with Crippen LogP contribution in [0.5, 0.6) is 0 Å². The molecule has 5 heterocycles. The van der Waals surface area contributed by atoms with Crippen LogP contribution in [0.4, 0.5) is 5.69 Å². The quantitative estimate of drug-likeness (QED) is 0.644. The van der Waals surface area contributed by atoms with Gasteiger partial charge in [0.1, 0.15) is 4.83 Å². The van der Waals surface area contributed by atoms with Gasteiger partial charge in [-0.2, -0.15) is 0 Å². The standard InChI is InChI=1S/C17H14N4O2S2/c1-21-5-4-8-13(10-3-2-6-24-10)19-17-12(14(8)20-21)9-7-11(22)18-16(23)15(9)25-17/h2-3,6,20H,4-5,7H2,1H3,(H,18,22,23). The Kier molecular flexibility index (Phi) is 3.21. The zero-order chi connectivity index (χ0) is 17.1. The van der Waals surface area contributed by atoms with Gasteiger partial charge in [0.2, 0.25) is 5.91 Å². The van der Waals surface area contributed by atoms with Gasteiger partial charge in [0.15, 0.2) is 0 Å². The molecule has 0 unspecified atom stereocenters. The van der Waals surface area contributed by atoms with Gasteiger partial charge in [-0.3, -0.25) is 14.9 Å². The Morgan fingerprint density at radius 3 is 2.96 bits per heavy atom. The van der Waals surface area contributed by atoms with Crippen molar-refractivity contribution < 1.29 is 9.59 Å². The van der Waals surface area contributed by atoms with E-state index in [1.165, 1.54) is 11.3 Å². The number of hydrazine groups is 1. The second-order valence-corrected chi connectivity index (χ2v) is 8.17. The summed E-state index contributed by atoms with van der Waals surface area (Å²) in [7, 11) is 2.00. The summed E-state index contributed by atoms with van der Waals surface area (Å²) in [5.41, 5.74) is 7.36. The molecule has 2 amide bonds. The summed E-state index contributed by atoms with van der Waals surface area (Å²) in [5.74, 6) is -0.567. The number of rotatable bonds is 1. The highest BCUT2D eigenvalue weighted by Crippen LogP contribution is 2.44. The van der Waals surface area contributed by atoms with E-state index >= 15 is 0 Å². The summed E-state index contributed by atoms with van der Waals surface area (Å²) in [6.07, 6.45) is 1.10. The van der Waals surface area contributed by atoms with Gasteiger partial charge in [-0.15, -0.1) is 22.7 Å². The number of nitrogens with zero attached hydrogens (tertiary/aromatic N) is 2. The molecule has 0 fully saturated rings. The lowest BCUT2D eigenvalue weighted by atomic mass is 9.97. The van der Waals surface area contributed by atoms with Crippen LogP contribution < -0.4 is 10.7 Å². The van der Waals surface area contributed by atoms with Crippen molar-refractivity contribution >= 4 is 50.4 Å². The summed E-state index contributed by atoms with van der Waals surface area (Å²) in [6.45, 7) is 0.879. The first-order valence-corrected chi connectivity index (χ1v) is 9.65. The number of likely N-dealkylation sites (N-methyl/N-ethyl adjacent to an activating group) is 1. The van der Waals surface area contributed by atoms with Crippen molar-refractivity contribution in [3.8, 4) is 10.6 Å². The predicted octanol–water partition coefficient (Wildman–Crippen LogP) is 2.65. The number of fused-ring (bicyclic) bond motifs is 5. The number of nitrogens with one attached hydrogen (secondary N) is 2. The zero-order valence-corrected chi connectivity index (χ0v) is 15.0. The molecule has 2 aliphatic rings. The summed E-state index contributed by atoms with van der Waals surface area (Å²) < 4.78 is 0. The van der Waals surface area contributed by atoms with Gasteiger partial charge in [-0.1, -0.05) is 6.07 Å². The van der Waals surface area contributed by atoms with Crippen LogP contribution >= 0.6 is 22.7 Å². The van der Waals surface area contributed by atoms with E-state index in [2.05, 4.69) is 16.8 Å². The van der Waals surface area contributed by atoms with E-state index in [9.17, 15) is 9.59 Å². The first-order valence-electron chi connectivity index (χ1n) is 7.96. The summed E-state index contributed by atoms with van der Waals surface area (Å²) in [5, 5.41) is 7.40. The van der Waals surface area contributed by atoms with Crippen LogP contribution in [0, 0.1) is 0 Å². The first kappa shape index (κ1) is 15.0. The highest BCUT2D eigenvalue weighted by Gasteiger charge is 2.32. The van der Waals surface area contributed by atoms with Gasteiger partial charge < -0.3 is 5.43 Å². The normalized spacial score (nSPS) is 17.2. The van der Waals surface area contributed by atoms with E-state index in [1.807, 2.05) is 23.5 Å². The Morgan fingerprint density at radius 2 is 2.16 bits per heavy atom. The monoisotopic (exact) mass is 370 g/mol. The molecule has 2 N–H and O–H groups in total. The van der Waals surface area contributed by atoms with Crippen molar-refractivity contribution in [2.45, 2.75) is 12.8 Å². The van der Waals surface area contributed by atoms with E-state index in [1.54, 1.807) is 11.3 Å². The van der Waals surface area contributed by atoms with Crippen molar-refractivity contribution in [3.63, 3.8) is 0 Å². The minimum Gasteiger partial charge on any atom is -0.318 e. The average molecular weight is 370 g/mol. The third-order valence-corrected chi connectivity index (χ3v) is 6.59. The van der Waals surface area contributed by atoms with Gasteiger partial charge in [-0.25, -0.2) is 9.99 Å². The third kappa shape index (κ3) is 2.21. The number of anilines is 1. The molecule has 0 bridgehead atoms. The van der Waals surface area contributed by atoms with Crippen molar-refractivity contribution in [1.82, 2.24) is 15.3 Å². The predicted molar refractivity (Wildman–Crippen MR) is 99.1 cm³/mol. The second-order valence-electron chi connectivity index (χ2n) is 6.22. The van der Waals surface area contributed by atoms with E-state index in [0.717, 1.165) is 50.6 Å². The Balaban J connectivity index is 1.86. The number of hydrogen-bond donors (Lipinski definition) is 2. The van der Waals surface area contributed by atoms with Crippen LogP contribution in [0.1, 0.15) is 20.8 Å². The Morgan fingerprint density at radius 1 is 1.28 bits per heavy atom. The molecular formula is C17H14N4O2S2. The highest BCUT2D eigenvalue weighted by molar-refractivity contribution is 7.21. The third-order valence-electron chi connectivity index (χ3n) is 4.59. The maximum absolute atomic E-state index is 12.2. The molecule has 0 radical (unpaired) electrons. The van der Waals surface area contributed by atoms with Crippen LogP contribution in [-0.2, 0) is 17.6 Å². The highest BCUT2D eigenvalue weighted by atomic mass is 32.1. The molecule has 25 heavy (non-hydrogen) atoms. The van der Waals surface area contributed by atoms with Crippen LogP contribution in [0.25, 0.3) is 20.8 Å². The molecule has 0 saturated carbocycles. The van der Waals surface area contributed by atoms with Crippen molar-refractivity contribution in [2.75, 3.05) is 19.0 Å². The number of pyridine rings is 1. The lowest BCUT2D eigenvalue weighted by molar-refractivity contribution is -0.119. The van der Waals surface area contributed by atoms with Crippen LogP contribution in [0.15, 0.2) is 17.5 Å². The fourth-order valence-electron chi connectivity index (χ4n) is 3.48. The molecule has 0 aromatic carbocycles.